The number of carbonyl (C=O) groups is 1. The SMILES string of the molecule is CCCCCCCCCCCC/C=C\[C@H]1OC(C)(C)O[C@@H]1[C@@H]1[C@H](OCc2ccccc2)C(=O)N1Cc1ccccc1. The van der Waals surface area contributed by atoms with Crippen LogP contribution in [-0.4, -0.2) is 40.9 Å². The molecule has 0 bridgehead atoms. The molecular weight excluding hydrogens is 510 g/mol. The summed E-state index contributed by atoms with van der Waals surface area (Å²) in [5.74, 6) is -0.714. The summed E-state index contributed by atoms with van der Waals surface area (Å²) >= 11 is 0. The van der Waals surface area contributed by atoms with Crippen molar-refractivity contribution in [3.8, 4) is 0 Å². The van der Waals surface area contributed by atoms with Crippen LogP contribution in [0.1, 0.15) is 103 Å². The Hall–Kier alpha value is -2.47. The van der Waals surface area contributed by atoms with Crippen LogP contribution in [0.15, 0.2) is 72.8 Å². The van der Waals surface area contributed by atoms with E-state index in [-0.39, 0.29) is 24.2 Å². The van der Waals surface area contributed by atoms with Crippen LogP contribution in [0.5, 0.6) is 0 Å². The van der Waals surface area contributed by atoms with E-state index in [1.165, 1.54) is 64.2 Å². The molecule has 0 radical (unpaired) electrons. The summed E-state index contributed by atoms with van der Waals surface area (Å²) in [5.41, 5.74) is 2.15. The molecule has 4 atom stereocenters. The lowest BCUT2D eigenvalue weighted by Crippen LogP contribution is -2.70. The van der Waals surface area contributed by atoms with Gasteiger partial charge in [0.2, 0.25) is 0 Å². The normalized spacial score (nSPS) is 23.8. The molecule has 5 nitrogen and oxygen atoms in total. The Morgan fingerprint density at radius 3 is 2.02 bits per heavy atom. The zero-order chi connectivity index (χ0) is 28.9. The minimum absolute atomic E-state index is 0.0104. The van der Waals surface area contributed by atoms with Gasteiger partial charge >= 0.3 is 0 Å². The zero-order valence-corrected chi connectivity index (χ0v) is 25.5. The van der Waals surface area contributed by atoms with Gasteiger partial charge in [0.25, 0.3) is 5.91 Å². The number of nitrogens with zero attached hydrogens (tertiary/aromatic N) is 1. The molecule has 2 saturated heterocycles. The molecule has 2 aliphatic heterocycles. The number of unbranched alkanes of at least 4 members (excludes halogenated alkanes) is 10. The fourth-order valence-corrected chi connectivity index (χ4v) is 5.99. The van der Waals surface area contributed by atoms with Crippen molar-refractivity contribution in [1.82, 2.24) is 4.90 Å². The summed E-state index contributed by atoms with van der Waals surface area (Å²) in [4.78, 5) is 15.3. The van der Waals surface area contributed by atoms with Gasteiger partial charge in [-0.2, -0.15) is 0 Å². The van der Waals surface area contributed by atoms with Crippen LogP contribution in [0.3, 0.4) is 0 Å². The van der Waals surface area contributed by atoms with Crippen molar-refractivity contribution < 1.29 is 19.0 Å². The molecule has 2 aliphatic rings. The summed E-state index contributed by atoms with van der Waals surface area (Å²) in [7, 11) is 0. The number of amides is 1. The first kappa shape index (κ1) is 31.5. The van der Waals surface area contributed by atoms with E-state index in [1.807, 2.05) is 67.3 Å². The van der Waals surface area contributed by atoms with Crippen LogP contribution in [0.2, 0.25) is 0 Å². The Bertz CT molecular complexity index is 1050. The van der Waals surface area contributed by atoms with Crippen molar-refractivity contribution >= 4 is 5.91 Å². The molecular formula is C36H51NO4. The number of likely N-dealkylation sites (tertiary alicyclic amines) is 1. The molecule has 0 spiro atoms. The highest BCUT2D eigenvalue weighted by Gasteiger charge is 2.58. The molecule has 2 aromatic rings. The first-order valence-corrected chi connectivity index (χ1v) is 16.0. The predicted molar refractivity (Wildman–Crippen MR) is 165 cm³/mol. The van der Waals surface area contributed by atoms with E-state index in [0.29, 0.717) is 13.2 Å². The maximum atomic E-state index is 13.4. The molecule has 0 unspecified atom stereocenters. The minimum Gasteiger partial charge on any atom is -0.361 e. The molecule has 0 saturated carbocycles. The van der Waals surface area contributed by atoms with E-state index in [1.54, 1.807) is 0 Å². The van der Waals surface area contributed by atoms with E-state index >= 15 is 0 Å². The highest BCUT2D eigenvalue weighted by atomic mass is 16.8. The van der Waals surface area contributed by atoms with Crippen molar-refractivity contribution in [2.45, 2.75) is 135 Å². The third kappa shape index (κ3) is 9.52. The van der Waals surface area contributed by atoms with E-state index < -0.39 is 11.9 Å². The molecule has 1 amide bonds. The number of carbonyl (C=O) groups excluding carboxylic acids is 1. The van der Waals surface area contributed by atoms with Gasteiger partial charge in [-0.15, -0.1) is 0 Å². The molecule has 0 aliphatic carbocycles. The standard InChI is InChI=1S/C36H51NO4/c1-4-5-6-7-8-9-10-11-12-13-14-21-26-31-33(41-36(2,3)40-31)32-34(39-28-30-24-19-16-20-25-30)35(38)37(32)27-29-22-17-15-18-23-29/h15-26,31-34H,4-14,27-28H2,1-3H3/b26-21-/t31-,32-,33+,34+/m1/s1. The summed E-state index contributed by atoms with van der Waals surface area (Å²) < 4.78 is 19.1. The van der Waals surface area contributed by atoms with Crippen molar-refractivity contribution in [2.75, 3.05) is 0 Å². The van der Waals surface area contributed by atoms with Crippen LogP contribution < -0.4 is 0 Å². The van der Waals surface area contributed by atoms with E-state index in [9.17, 15) is 4.79 Å². The van der Waals surface area contributed by atoms with Crippen LogP contribution in [0.25, 0.3) is 0 Å². The van der Waals surface area contributed by atoms with Crippen LogP contribution in [0.4, 0.5) is 0 Å². The summed E-state index contributed by atoms with van der Waals surface area (Å²) in [6.07, 6.45) is 17.7. The lowest BCUT2D eigenvalue weighted by molar-refractivity contribution is -0.199. The third-order valence-electron chi connectivity index (χ3n) is 8.21. The van der Waals surface area contributed by atoms with E-state index in [4.69, 9.17) is 14.2 Å². The Morgan fingerprint density at radius 2 is 1.39 bits per heavy atom. The van der Waals surface area contributed by atoms with Gasteiger partial charge < -0.3 is 19.1 Å². The van der Waals surface area contributed by atoms with Gasteiger partial charge in [0.1, 0.15) is 12.2 Å². The quantitative estimate of drug-likeness (QED) is 0.104. The van der Waals surface area contributed by atoms with Crippen LogP contribution >= 0.6 is 0 Å². The second kappa shape index (κ2) is 16.2. The number of hydrogen-bond donors (Lipinski definition) is 0. The number of rotatable bonds is 18. The molecule has 0 aromatic heterocycles. The number of ether oxygens (including phenoxy) is 3. The lowest BCUT2D eigenvalue weighted by atomic mass is 9.88. The number of benzene rings is 2. The zero-order valence-electron chi connectivity index (χ0n) is 25.5. The maximum absolute atomic E-state index is 13.4. The van der Waals surface area contributed by atoms with Gasteiger partial charge in [0.05, 0.1) is 12.6 Å². The molecule has 2 heterocycles. The van der Waals surface area contributed by atoms with E-state index in [0.717, 1.165) is 17.5 Å². The second-order valence-electron chi connectivity index (χ2n) is 12.1. The first-order valence-electron chi connectivity index (χ1n) is 16.0. The topological polar surface area (TPSA) is 48.0 Å². The summed E-state index contributed by atoms with van der Waals surface area (Å²) in [6.45, 7) is 7.11. The molecule has 224 valence electrons. The monoisotopic (exact) mass is 561 g/mol. The highest BCUT2D eigenvalue weighted by molar-refractivity contribution is 5.88. The van der Waals surface area contributed by atoms with Crippen molar-refractivity contribution in [3.63, 3.8) is 0 Å². The van der Waals surface area contributed by atoms with Gasteiger partial charge in [-0.1, -0.05) is 138 Å². The molecule has 5 heteroatoms. The van der Waals surface area contributed by atoms with Gasteiger partial charge in [0, 0.05) is 6.54 Å². The highest BCUT2D eigenvalue weighted by Crippen LogP contribution is 2.39. The smallest absolute Gasteiger partial charge is 0.254 e. The average molecular weight is 562 g/mol. The minimum atomic E-state index is -0.724. The Kier molecular flexibility index (Phi) is 12.5. The van der Waals surface area contributed by atoms with Crippen molar-refractivity contribution in [1.29, 1.82) is 0 Å². The van der Waals surface area contributed by atoms with Gasteiger partial charge in [-0.25, -0.2) is 0 Å². The fourth-order valence-electron chi connectivity index (χ4n) is 5.99. The summed E-state index contributed by atoms with van der Waals surface area (Å²) in [5, 5.41) is 0. The number of allylic oxidation sites excluding steroid dienone is 1. The summed E-state index contributed by atoms with van der Waals surface area (Å²) in [6, 6.07) is 19.9. The third-order valence-corrected chi connectivity index (χ3v) is 8.21. The Labute approximate surface area is 248 Å². The predicted octanol–water partition coefficient (Wildman–Crippen LogP) is 8.37. The molecule has 0 N–H and O–H groups in total. The molecule has 2 aromatic carbocycles. The molecule has 2 fully saturated rings. The molecule has 4 rings (SSSR count). The Morgan fingerprint density at radius 1 is 0.805 bits per heavy atom. The fraction of sp³-hybridized carbons (Fsp3) is 0.583. The average Bonchev–Trinajstić information content (AvgIpc) is 3.28. The van der Waals surface area contributed by atoms with Gasteiger partial charge in [0.15, 0.2) is 11.9 Å². The van der Waals surface area contributed by atoms with Crippen LogP contribution in [-0.2, 0) is 32.2 Å². The maximum Gasteiger partial charge on any atom is 0.254 e. The van der Waals surface area contributed by atoms with Gasteiger partial charge in [-0.05, 0) is 37.8 Å². The first-order chi connectivity index (χ1) is 20.0. The Balaban J connectivity index is 1.33. The van der Waals surface area contributed by atoms with E-state index in [2.05, 4.69) is 31.2 Å². The van der Waals surface area contributed by atoms with Crippen molar-refractivity contribution in [2.24, 2.45) is 0 Å². The largest absolute Gasteiger partial charge is 0.361 e. The second-order valence-corrected chi connectivity index (χ2v) is 12.1. The molecule has 41 heavy (non-hydrogen) atoms. The number of hydrogen-bond acceptors (Lipinski definition) is 4. The van der Waals surface area contributed by atoms with Crippen molar-refractivity contribution in [3.05, 3.63) is 83.9 Å². The number of β-lactam (4-membered cyclic amide) rings is 1. The van der Waals surface area contributed by atoms with Crippen LogP contribution in [0, 0.1) is 0 Å². The lowest BCUT2D eigenvalue weighted by Gasteiger charge is -2.49. The van der Waals surface area contributed by atoms with Gasteiger partial charge in [-0.3, -0.25) is 4.79 Å².